The Bertz CT molecular complexity index is 662. The molecule has 1 heterocycles. The molecule has 0 aliphatic rings. The molecule has 0 aliphatic heterocycles. The number of carboxylic acid groups (broad SMARTS) is 1. The van der Waals surface area contributed by atoms with Crippen LogP contribution in [0.3, 0.4) is 0 Å². The number of nitrogens with zero attached hydrogens (tertiary/aromatic N) is 1. The van der Waals surface area contributed by atoms with E-state index in [2.05, 4.69) is 15.5 Å². The van der Waals surface area contributed by atoms with Gasteiger partial charge in [-0.05, 0) is 30.5 Å². The first-order valence-corrected chi connectivity index (χ1v) is 6.73. The standard InChI is InChI=1S/C14H17N3O5/c1-21-11-5-2-9(3-6-11)8-10(15-13(18)19)4-7-12-16-17-14(20)22-12/h2-3,5-6,10,15H,4,7-8H2,1H3,(H,17,20)(H,18,19). The number of nitrogens with one attached hydrogen (secondary N) is 2. The number of amides is 1. The van der Waals surface area contributed by atoms with E-state index in [0.29, 0.717) is 19.3 Å². The lowest BCUT2D eigenvalue weighted by Crippen LogP contribution is -2.35. The number of ether oxygens (including phenoxy) is 1. The van der Waals surface area contributed by atoms with E-state index in [4.69, 9.17) is 14.3 Å². The number of carbonyl (C=O) groups is 1. The summed E-state index contributed by atoms with van der Waals surface area (Å²) in [4.78, 5) is 21.7. The highest BCUT2D eigenvalue weighted by Crippen LogP contribution is 2.14. The molecule has 8 nitrogen and oxygen atoms in total. The van der Waals surface area contributed by atoms with Crippen LogP contribution in [-0.2, 0) is 12.8 Å². The van der Waals surface area contributed by atoms with Crippen LogP contribution in [0.15, 0.2) is 33.5 Å². The van der Waals surface area contributed by atoms with Crippen molar-refractivity contribution in [2.45, 2.75) is 25.3 Å². The first kappa shape index (κ1) is 15.6. The third kappa shape index (κ3) is 4.65. The minimum Gasteiger partial charge on any atom is -0.497 e. The molecule has 22 heavy (non-hydrogen) atoms. The zero-order valence-corrected chi connectivity index (χ0v) is 12.0. The van der Waals surface area contributed by atoms with Gasteiger partial charge in [-0.2, -0.15) is 0 Å². The van der Waals surface area contributed by atoms with Crippen LogP contribution in [0.2, 0.25) is 0 Å². The fourth-order valence-corrected chi connectivity index (χ4v) is 2.11. The van der Waals surface area contributed by atoms with E-state index < -0.39 is 11.8 Å². The molecule has 2 rings (SSSR count). The van der Waals surface area contributed by atoms with E-state index in [1.54, 1.807) is 7.11 Å². The lowest BCUT2D eigenvalue weighted by atomic mass is 10.0. The Kier molecular flexibility index (Phi) is 5.18. The number of methoxy groups -OCH3 is 1. The lowest BCUT2D eigenvalue weighted by molar-refractivity contribution is 0.188. The van der Waals surface area contributed by atoms with E-state index in [1.807, 2.05) is 24.3 Å². The molecule has 8 heteroatoms. The van der Waals surface area contributed by atoms with Crippen molar-refractivity contribution >= 4 is 6.09 Å². The molecule has 1 aromatic carbocycles. The average molecular weight is 307 g/mol. The van der Waals surface area contributed by atoms with Gasteiger partial charge < -0.3 is 19.6 Å². The van der Waals surface area contributed by atoms with Crippen LogP contribution in [0, 0.1) is 0 Å². The molecule has 118 valence electrons. The van der Waals surface area contributed by atoms with Crippen LogP contribution >= 0.6 is 0 Å². The highest BCUT2D eigenvalue weighted by Gasteiger charge is 2.14. The van der Waals surface area contributed by atoms with E-state index in [0.717, 1.165) is 11.3 Å². The van der Waals surface area contributed by atoms with Gasteiger partial charge in [-0.15, -0.1) is 5.10 Å². The van der Waals surface area contributed by atoms with E-state index in [9.17, 15) is 9.59 Å². The maximum Gasteiger partial charge on any atom is 0.434 e. The van der Waals surface area contributed by atoms with Gasteiger partial charge in [0.1, 0.15) is 5.75 Å². The van der Waals surface area contributed by atoms with Crippen molar-refractivity contribution in [2.75, 3.05) is 7.11 Å². The van der Waals surface area contributed by atoms with Gasteiger partial charge in [0, 0.05) is 12.5 Å². The molecule has 0 radical (unpaired) electrons. The largest absolute Gasteiger partial charge is 0.497 e. The smallest absolute Gasteiger partial charge is 0.434 e. The number of aryl methyl sites for hydroxylation is 1. The number of benzene rings is 1. The summed E-state index contributed by atoms with van der Waals surface area (Å²) in [5.41, 5.74) is 0.975. The number of rotatable bonds is 7. The molecule has 1 atom stereocenters. The second kappa shape index (κ2) is 7.30. The molecule has 0 saturated carbocycles. The second-order valence-electron chi connectivity index (χ2n) is 4.74. The predicted molar refractivity (Wildman–Crippen MR) is 77.1 cm³/mol. The highest BCUT2D eigenvalue weighted by molar-refractivity contribution is 5.64. The highest BCUT2D eigenvalue weighted by atomic mass is 16.5. The van der Waals surface area contributed by atoms with Crippen molar-refractivity contribution in [3.8, 4) is 5.75 Å². The summed E-state index contributed by atoms with van der Waals surface area (Å²) >= 11 is 0. The normalized spacial score (nSPS) is 11.9. The number of aromatic amines is 1. The molecule has 0 spiro atoms. The Hall–Kier alpha value is -2.77. The van der Waals surface area contributed by atoms with Gasteiger partial charge in [-0.1, -0.05) is 12.1 Å². The molecule has 2 aromatic rings. The summed E-state index contributed by atoms with van der Waals surface area (Å²) in [5.74, 6) is 0.384. The van der Waals surface area contributed by atoms with Crippen LogP contribution in [-0.4, -0.2) is 34.5 Å². The summed E-state index contributed by atoms with van der Waals surface area (Å²) in [7, 11) is 1.58. The summed E-state index contributed by atoms with van der Waals surface area (Å²) in [6, 6.07) is 7.08. The molecule has 0 aliphatic carbocycles. The van der Waals surface area contributed by atoms with E-state index in [-0.39, 0.29) is 11.9 Å². The van der Waals surface area contributed by atoms with Gasteiger partial charge >= 0.3 is 11.8 Å². The number of hydrogen-bond donors (Lipinski definition) is 3. The van der Waals surface area contributed by atoms with Gasteiger partial charge in [0.05, 0.1) is 7.11 Å². The third-order valence-corrected chi connectivity index (χ3v) is 3.16. The average Bonchev–Trinajstić information content (AvgIpc) is 2.91. The van der Waals surface area contributed by atoms with Crippen molar-refractivity contribution in [3.05, 3.63) is 46.3 Å². The minimum atomic E-state index is -1.10. The lowest BCUT2D eigenvalue weighted by Gasteiger charge is -2.16. The van der Waals surface area contributed by atoms with Crippen LogP contribution in [0.4, 0.5) is 4.79 Å². The van der Waals surface area contributed by atoms with Crippen LogP contribution in [0.1, 0.15) is 17.9 Å². The van der Waals surface area contributed by atoms with E-state index >= 15 is 0 Å². The van der Waals surface area contributed by atoms with Crippen molar-refractivity contribution < 1.29 is 19.1 Å². The van der Waals surface area contributed by atoms with Gasteiger partial charge in [-0.3, -0.25) is 0 Å². The Morgan fingerprint density at radius 2 is 2.18 bits per heavy atom. The first-order valence-electron chi connectivity index (χ1n) is 6.73. The minimum absolute atomic E-state index is 0.261. The Labute approximate surface area is 126 Å². The molecular formula is C14H17N3O5. The Balaban J connectivity index is 1.98. The predicted octanol–water partition coefficient (Wildman–Crippen LogP) is 1.18. The quantitative estimate of drug-likeness (QED) is 0.707. The second-order valence-corrected chi connectivity index (χ2v) is 4.74. The summed E-state index contributed by atoms with van der Waals surface area (Å²) < 4.78 is 9.89. The van der Waals surface area contributed by atoms with Gasteiger partial charge in [0.2, 0.25) is 5.89 Å². The van der Waals surface area contributed by atoms with Crippen molar-refractivity contribution in [2.24, 2.45) is 0 Å². The number of H-pyrrole nitrogens is 1. The molecule has 1 unspecified atom stereocenters. The number of aromatic nitrogens is 2. The summed E-state index contributed by atoms with van der Waals surface area (Å²) in [6.45, 7) is 0. The first-order chi connectivity index (χ1) is 10.6. The van der Waals surface area contributed by atoms with Gasteiger partial charge in [-0.25, -0.2) is 14.7 Å². The topological polar surface area (TPSA) is 117 Å². The van der Waals surface area contributed by atoms with Crippen molar-refractivity contribution in [1.82, 2.24) is 15.5 Å². The SMILES string of the molecule is COc1ccc(CC(CCc2n[nH]c(=O)o2)NC(=O)O)cc1. The van der Waals surface area contributed by atoms with Crippen LogP contribution in [0.25, 0.3) is 0 Å². The molecule has 0 saturated heterocycles. The molecule has 3 N–H and O–H groups in total. The molecular weight excluding hydrogens is 290 g/mol. The maximum absolute atomic E-state index is 10.9. The van der Waals surface area contributed by atoms with Crippen molar-refractivity contribution in [1.29, 1.82) is 0 Å². The van der Waals surface area contributed by atoms with Crippen LogP contribution in [0.5, 0.6) is 5.75 Å². The van der Waals surface area contributed by atoms with Gasteiger partial charge in [0.25, 0.3) is 0 Å². The fourth-order valence-electron chi connectivity index (χ4n) is 2.11. The zero-order valence-electron chi connectivity index (χ0n) is 12.0. The molecule has 1 amide bonds. The van der Waals surface area contributed by atoms with E-state index in [1.165, 1.54) is 0 Å². The third-order valence-electron chi connectivity index (χ3n) is 3.16. The summed E-state index contributed by atoms with van der Waals surface area (Å²) in [6.07, 6.45) is 0.249. The molecule has 1 aromatic heterocycles. The van der Waals surface area contributed by atoms with Crippen LogP contribution < -0.4 is 15.8 Å². The molecule has 0 bridgehead atoms. The Morgan fingerprint density at radius 1 is 1.45 bits per heavy atom. The monoisotopic (exact) mass is 307 g/mol. The molecule has 0 fully saturated rings. The summed E-state index contributed by atoms with van der Waals surface area (Å²) in [5, 5.41) is 17.3. The fraction of sp³-hybridized carbons (Fsp3) is 0.357. The number of hydrogen-bond acceptors (Lipinski definition) is 5. The van der Waals surface area contributed by atoms with Crippen molar-refractivity contribution in [3.63, 3.8) is 0 Å². The zero-order chi connectivity index (χ0) is 15.9. The maximum atomic E-state index is 10.9. The Morgan fingerprint density at radius 3 is 2.73 bits per heavy atom. The van der Waals surface area contributed by atoms with Gasteiger partial charge in [0.15, 0.2) is 0 Å².